The minimum absolute atomic E-state index is 0.0865. The van der Waals surface area contributed by atoms with Gasteiger partial charge in [0.15, 0.2) is 0 Å². The smallest absolute Gasteiger partial charge is 0.368 e. The van der Waals surface area contributed by atoms with E-state index in [0.717, 1.165) is 15.4 Å². The first-order valence-corrected chi connectivity index (χ1v) is 9.64. The van der Waals surface area contributed by atoms with Crippen molar-refractivity contribution in [1.82, 2.24) is 14.7 Å². The number of amides is 3. The Kier molecular flexibility index (Phi) is 5.55. The van der Waals surface area contributed by atoms with Crippen LogP contribution in [-0.2, 0) is 10.3 Å². The zero-order chi connectivity index (χ0) is 21.4. The van der Waals surface area contributed by atoms with Crippen molar-refractivity contribution < 1.29 is 22.8 Å². The van der Waals surface area contributed by atoms with Crippen LogP contribution in [0.5, 0.6) is 0 Å². The van der Waals surface area contributed by atoms with E-state index in [2.05, 4.69) is 4.90 Å². The third-order valence-corrected chi connectivity index (χ3v) is 6.42. The van der Waals surface area contributed by atoms with E-state index in [1.54, 1.807) is 0 Å². The Bertz CT molecular complexity index is 759. The summed E-state index contributed by atoms with van der Waals surface area (Å²) in [6.07, 6.45) is -2.47. The molecule has 0 unspecified atom stereocenters. The molecule has 29 heavy (non-hydrogen) atoms. The van der Waals surface area contributed by atoms with Gasteiger partial charge >= 0.3 is 12.2 Å². The van der Waals surface area contributed by atoms with Crippen molar-refractivity contribution in [1.29, 1.82) is 0 Å². The number of benzene rings is 1. The third-order valence-electron chi connectivity index (χ3n) is 6.42. The fourth-order valence-electron chi connectivity index (χ4n) is 4.91. The predicted molar refractivity (Wildman–Crippen MR) is 102 cm³/mol. The first kappa shape index (κ1) is 21.4. The molecule has 2 fully saturated rings. The number of primary amides is 1. The molecule has 160 valence electrons. The van der Waals surface area contributed by atoms with Crippen molar-refractivity contribution in [3.05, 3.63) is 35.9 Å². The molecule has 9 heteroatoms. The highest BCUT2D eigenvalue weighted by molar-refractivity contribution is 5.85. The van der Waals surface area contributed by atoms with Gasteiger partial charge in [0.05, 0.1) is 5.54 Å². The lowest BCUT2D eigenvalue weighted by Crippen LogP contribution is -2.57. The van der Waals surface area contributed by atoms with Crippen LogP contribution in [0.15, 0.2) is 30.3 Å². The summed E-state index contributed by atoms with van der Waals surface area (Å²) in [6, 6.07) is 9.14. The number of urea groups is 1. The number of carbonyl (C=O) groups excluding carboxylic acids is 2. The van der Waals surface area contributed by atoms with Crippen LogP contribution in [0.4, 0.5) is 18.0 Å². The van der Waals surface area contributed by atoms with E-state index in [-0.39, 0.29) is 18.6 Å². The normalized spacial score (nSPS) is 27.9. The van der Waals surface area contributed by atoms with Gasteiger partial charge in [-0.1, -0.05) is 30.3 Å². The van der Waals surface area contributed by atoms with Gasteiger partial charge in [-0.3, -0.25) is 9.69 Å². The summed E-state index contributed by atoms with van der Waals surface area (Å²) >= 11 is 0. The van der Waals surface area contributed by atoms with E-state index in [0.29, 0.717) is 25.7 Å². The Labute approximate surface area is 168 Å². The molecule has 1 spiro atoms. The van der Waals surface area contributed by atoms with Crippen LogP contribution in [0.3, 0.4) is 0 Å². The molecule has 1 aromatic carbocycles. The van der Waals surface area contributed by atoms with Gasteiger partial charge in [-0.2, -0.15) is 13.2 Å². The summed E-state index contributed by atoms with van der Waals surface area (Å²) in [5.74, 6) is -0.731. The Morgan fingerprint density at radius 2 is 1.72 bits per heavy atom. The van der Waals surface area contributed by atoms with E-state index in [1.165, 1.54) is 0 Å². The lowest BCUT2D eigenvalue weighted by atomic mass is 9.68. The number of rotatable bonds is 5. The molecule has 1 aromatic rings. The zero-order valence-corrected chi connectivity index (χ0v) is 16.7. The Hall–Kier alpha value is -2.29. The number of hydrogen-bond acceptors (Lipinski definition) is 3. The minimum Gasteiger partial charge on any atom is -0.368 e. The van der Waals surface area contributed by atoms with Gasteiger partial charge in [0, 0.05) is 12.1 Å². The lowest BCUT2D eigenvalue weighted by molar-refractivity contribution is -0.150. The number of alkyl halides is 3. The number of nitrogens with zero attached hydrogens (tertiary/aromatic N) is 3. The maximum Gasteiger partial charge on any atom is 0.406 e. The molecule has 0 bridgehead atoms. The van der Waals surface area contributed by atoms with Crippen LogP contribution in [0.2, 0.25) is 0 Å². The highest BCUT2D eigenvalue weighted by atomic mass is 19.4. The molecular formula is C20H27F3N4O2. The fourth-order valence-corrected chi connectivity index (χ4v) is 4.91. The average Bonchev–Trinajstić information content (AvgIpc) is 2.87. The zero-order valence-electron chi connectivity index (χ0n) is 16.7. The Morgan fingerprint density at radius 3 is 2.21 bits per heavy atom. The highest BCUT2D eigenvalue weighted by Crippen LogP contribution is 2.49. The molecule has 0 aromatic heterocycles. The largest absolute Gasteiger partial charge is 0.406 e. The first-order chi connectivity index (χ1) is 13.5. The van der Waals surface area contributed by atoms with Crippen LogP contribution >= 0.6 is 0 Å². The minimum atomic E-state index is -4.51. The van der Waals surface area contributed by atoms with Crippen LogP contribution in [-0.4, -0.2) is 72.1 Å². The second-order valence-electron chi connectivity index (χ2n) is 8.32. The monoisotopic (exact) mass is 412 g/mol. The summed E-state index contributed by atoms with van der Waals surface area (Å²) in [4.78, 5) is 28.2. The standard InChI is InChI=1S/C20H27F3N4O2/c1-25(2)19(15-6-4-3-5-7-15)10-8-18(9-11-19)13-26(12-16(24)28)17(29)27(18)14-20(21,22)23/h3-7H,8-14H2,1-2H3,(H2,24,28)/t18-,19+. The molecule has 2 aliphatic rings. The van der Waals surface area contributed by atoms with Gasteiger partial charge < -0.3 is 15.5 Å². The van der Waals surface area contributed by atoms with Gasteiger partial charge in [0.2, 0.25) is 5.91 Å². The van der Waals surface area contributed by atoms with Crippen molar-refractivity contribution in [2.24, 2.45) is 5.73 Å². The van der Waals surface area contributed by atoms with Gasteiger partial charge in [-0.15, -0.1) is 0 Å². The first-order valence-electron chi connectivity index (χ1n) is 9.64. The lowest BCUT2D eigenvalue weighted by Gasteiger charge is -2.51. The van der Waals surface area contributed by atoms with Crippen LogP contribution < -0.4 is 5.73 Å². The Balaban J connectivity index is 1.90. The molecule has 0 atom stereocenters. The summed E-state index contributed by atoms with van der Waals surface area (Å²) in [5, 5.41) is 0. The maximum absolute atomic E-state index is 13.2. The molecule has 1 aliphatic heterocycles. The maximum atomic E-state index is 13.2. The summed E-state index contributed by atoms with van der Waals surface area (Å²) in [7, 11) is 3.94. The second-order valence-corrected chi connectivity index (χ2v) is 8.32. The number of carbonyl (C=O) groups is 2. The number of halogens is 3. The second kappa shape index (κ2) is 7.51. The van der Waals surface area contributed by atoms with Crippen molar-refractivity contribution >= 4 is 11.9 Å². The van der Waals surface area contributed by atoms with Gasteiger partial charge in [0.25, 0.3) is 0 Å². The molecule has 2 N–H and O–H groups in total. The molecule has 1 saturated carbocycles. The summed E-state index contributed by atoms with van der Waals surface area (Å²) in [5.41, 5.74) is 5.06. The molecule has 0 radical (unpaired) electrons. The molecular weight excluding hydrogens is 385 g/mol. The average molecular weight is 412 g/mol. The van der Waals surface area contributed by atoms with Gasteiger partial charge in [-0.05, 0) is 45.3 Å². The van der Waals surface area contributed by atoms with E-state index in [9.17, 15) is 22.8 Å². The van der Waals surface area contributed by atoms with E-state index >= 15 is 0 Å². The SMILES string of the molecule is CN(C)[C@]1(c2ccccc2)CC[C@]2(CC1)CN(CC(N)=O)C(=O)N2CC(F)(F)F. The molecule has 1 heterocycles. The van der Waals surface area contributed by atoms with Crippen molar-refractivity contribution in [3.8, 4) is 0 Å². The quantitative estimate of drug-likeness (QED) is 0.808. The van der Waals surface area contributed by atoms with Crippen molar-refractivity contribution in [2.45, 2.75) is 42.9 Å². The molecule has 3 amide bonds. The van der Waals surface area contributed by atoms with Gasteiger partial charge in [-0.25, -0.2) is 4.79 Å². The van der Waals surface area contributed by atoms with E-state index < -0.39 is 30.2 Å². The van der Waals surface area contributed by atoms with Crippen molar-refractivity contribution in [2.75, 3.05) is 33.7 Å². The Morgan fingerprint density at radius 1 is 1.14 bits per heavy atom. The van der Waals surface area contributed by atoms with Crippen LogP contribution in [0, 0.1) is 0 Å². The fraction of sp³-hybridized carbons (Fsp3) is 0.600. The van der Waals surface area contributed by atoms with E-state index in [1.807, 2.05) is 44.4 Å². The van der Waals surface area contributed by atoms with E-state index in [4.69, 9.17) is 5.73 Å². The third kappa shape index (κ3) is 4.05. The van der Waals surface area contributed by atoms with Crippen LogP contribution in [0.25, 0.3) is 0 Å². The topological polar surface area (TPSA) is 69.9 Å². The molecule has 1 aliphatic carbocycles. The molecule has 1 saturated heterocycles. The highest BCUT2D eigenvalue weighted by Gasteiger charge is 2.56. The molecule has 6 nitrogen and oxygen atoms in total. The predicted octanol–water partition coefficient (Wildman–Crippen LogP) is 2.54. The molecule has 3 rings (SSSR count). The van der Waals surface area contributed by atoms with Crippen LogP contribution in [0.1, 0.15) is 31.2 Å². The summed E-state index contributed by atoms with van der Waals surface area (Å²) in [6.45, 7) is -1.60. The summed E-state index contributed by atoms with van der Waals surface area (Å²) < 4.78 is 39.7. The van der Waals surface area contributed by atoms with Crippen molar-refractivity contribution in [3.63, 3.8) is 0 Å². The number of nitrogens with two attached hydrogens (primary N) is 1. The number of hydrogen-bond donors (Lipinski definition) is 1. The van der Waals surface area contributed by atoms with Gasteiger partial charge in [0.1, 0.15) is 13.1 Å².